The van der Waals surface area contributed by atoms with Crippen molar-refractivity contribution >= 4 is 32.0 Å². The number of aryl methyl sites for hydroxylation is 2. The Morgan fingerprint density at radius 2 is 1.03 bits per heavy atom. The largest absolute Gasteiger partial charge is 0.417 e. The molecule has 0 spiro atoms. The lowest BCUT2D eigenvalue weighted by molar-refractivity contribution is -0.140. The fourth-order valence-electron chi connectivity index (χ4n) is 3.18. The van der Waals surface area contributed by atoms with Gasteiger partial charge in [0.05, 0.1) is 36.9 Å². The molecule has 0 saturated carbocycles. The van der Waals surface area contributed by atoms with E-state index in [1.165, 1.54) is 12.1 Å². The zero-order valence-corrected chi connectivity index (χ0v) is 22.1. The molecule has 2 aromatic carbocycles. The minimum Gasteiger partial charge on any atom is -0.270 e. The van der Waals surface area contributed by atoms with Gasteiger partial charge in [0.2, 0.25) is 0 Å². The smallest absolute Gasteiger partial charge is 0.270 e. The van der Waals surface area contributed by atoms with Crippen LogP contribution in [0.2, 0.25) is 0 Å². The van der Waals surface area contributed by atoms with Crippen LogP contribution in [0, 0.1) is 0 Å². The van der Waals surface area contributed by atoms with Crippen LogP contribution in [-0.4, -0.2) is 42.6 Å². The van der Waals surface area contributed by atoms with Gasteiger partial charge < -0.3 is 0 Å². The van der Waals surface area contributed by atoms with Gasteiger partial charge in [0.25, 0.3) is 20.2 Å². The van der Waals surface area contributed by atoms with Crippen molar-refractivity contribution in [3.63, 3.8) is 0 Å². The summed E-state index contributed by atoms with van der Waals surface area (Å²) >= 11 is 0.327. The van der Waals surface area contributed by atoms with Crippen molar-refractivity contribution in [2.45, 2.75) is 47.8 Å². The van der Waals surface area contributed by atoms with E-state index in [1.54, 1.807) is 0 Å². The van der Waals surface area contributed by atoms with Crippen molar-refractivity contribution < 1.29 is 51.5 Å². The molecule has 15 heteroatoms. The molecule has 0 aliphatic rings. The first-order valence-corrected chi connectivity index (χ1v) is 15.1. The molecule has 0 aromatic heterocycles. The van der Waals surface area contributed by atoms with E-state index in [2.05, 4.69) is 8.37 Å². The van der Waals surface area contributed by atoms with Gasteiger partial charge in [-0.3, -0.25) is 8.37 Å². The highest BCUT2D eigenvalue weighted by molar-refractivity contribution is 7.99. The van der Waals surface area contributed by atoms with Gasteiger partial charge in [-0.15, -0.1) is 0 Å². The Morgan fingerprint density at radius 1 is 0.676 bits per heavy atom. The molecular weight excluding hydrogens is 570 g/mol. The van der Waals surface area contributed by atoms with Crippen LogP contribution < -0.4 is 0 Å². The summed E-state index contributed by atoms with van der Waals surface area (Å²) in [6.07, 6.45) is -7.65. The van der Waals surface area contributed by atoms with E-state index >= 15 is 0 Å². The molecule has 0 N–H and O–H groups in total. The van der Waals surface area contributed by atoms with Crippen molar-refractivity contribution in [2.24, 2.45) is 0 Å². The molecule has 0 bridgehead atoms. The summed E-state index contributed by atoms with van der Waals surface area (Å²) in [5.74, 6) is 0. The van der Waals surface area contributed by atoms with Gasteiger partial charge >= 0.3 is 12.4 Å². The highest BCUT2D eigenvalue weighted by atomic mass is 32.2. The van der Waals surface area contributed by atoms with Crippen molar-refractivity contribution in [2.75, 3.05) is 25.7 Å². The molecule has 208 valence electrons. The molecule has 0 aliphatic heterocycles. The van der Waals surface area contributed by atoms with Crippen LogP contribution in [0.5, 0.6) is 0 Å². The summed E-state index contributed by atoms with van der Waals surface area (Å²) < 4.78 is 135. The van der Waals surface area contributed by atoms with Gasteiger partial charge in [0, 0.05) is 9.79 Å². The van der Waals surface area contributed by atoms with Gasteiger partial charge in [-0.05, 0) is 61.1 Å². The summed E-state index contributed by atoms with van der Waals surface area (Å²) in [6, 6.07) is 6.48. The van der Waals surface area contributed by atoms with Crippen molar-refractivity contribution in [3.05, 3.63) is 58.7 Å². The number of hydrogen-bond donors (Lipinski definition) is 0. The standard InChI is InChI=1S/C22H24F6O6S3/c1-36(29,30)33-11-3-5-15-7-9-19(17(13-15)21(23,24)25)35-20-10-8-16(14-18(20)22(26,27)28)6-4-12-34-37(2,31)32/h7-10,13-14H,3-6,11-12H2,1-2H3. The lowest BCUT2D eigenvalue weighted by Crippen LogP contribution is -2.10. The van der Waals surface area contributed by atoms with Crippen molar-refractivity contribution in [3.8, 4) is 0 Å². The molecule has 0 fully saturated rings. The Bertz CT molecular complexity index is 1190. The highest BCUT2D eigenvalue weighted by Gasteiger charge is 2.37. The average molecular weight is 595 g/mol. The Kier molecular flexibility index (Phi) is 10.5. The predicted molar refractivity (Wildman–Crippen MR) is 125 cm³/mol. The molecule has 0 saturated heterocycles. The third-order valence-corrected chi connectivity index (χ3v) is 7.07. The molecule has 0 heterocycles. The third kappa shape index (κ3) is 11.2. The quantitative estimate of drug-likeness (QED) is 0.177. The first kappa shape index (κ1) is 31.4. The minimum atomic E-state index is -4.85. The zero-order chi connectivity index (χ0) is 28.1. The maximum absolute atomic E-state index is 13.7. The van der Waals surface area contributed by atoms with Crippen LogP contribution in [0.1, 0.15) is 35.1 Å². The molecule has 37 heavy (non-hydrogen) atoms. The van der Waals surface area contributed by atoms with Crippen LogP contribution in [0.15, 0.2) is 46.2 Å². The van der Waals surface area contributed by atoms with Gasteiger partial charge in [-0.2, -0.15) is 43.2 Å². The third-order valence-electron chi connectivity index (χ3n) is 4.73. The summed E-state index contributed by atoms with van der Waals surface area (Å²) in [7, 11) is -7.38. The predicted octanol–water partition coefficient (Wildman–Crippen LogP) is 5.69. The molecule has 0 atom stereocenters. The van der Waals surface area contributed by atoms with Crippen LogP contribution in [-0.2, 0) is 53.8 Å². The topological polar surface area (TPSA) is 86.7 Å². The van der Waals surface area contributed by atoms with Gasteiger partial charge in [-0.1, -0.05) is 23.9 Å². The summed E-state index contributed by atoms with van der Waals surface area (Å²) in [4.78, 5) is -0.855. The van der Waals surface area contributed by atoms with E-state index in [9.17, 15) is 43.2 Å². The van der Waals surface area contributed by atoms with Crippen LogP contribution in [0.4, 0.5) is 26.3 Å². The molecule has 0 unspecified atom stereocenters. The fourth-order valence-corrected chi connectivity index (χ4v) is 5.10. The second kappa shape index (κ2) is 12.4. The lowest BCUT2D eigenvalue weighted by Gasteiger charge is -2.18. The fraction of sp³-hybridized carbons (Fsp3) is 0.455. The van der Waals surface area contributed by atoms with Crippen LogP contribution in [0.25, 0.3) is 0 Å². The molecule has 2 rings (SSSR count). The molecule has 0 amide bonds. The molecule has 6 nitrogen and oxygen atoms in total. The Labute approximate surface area is 215 Å². The zero-order valence-electron chi connectivity index (χ0n) is 19.6. The SMILES string of the molecule is CS(=O)(=O)OCCCc1ccc(Sc2ccc(CCCOS(C)(=O)=O)cc2C(F)(F)F)c(C(F)(F)F)c1. The molecule has 0 radical (unpaired) electrons. The van der Waals surface area contributed by atoms with Crippen LogP contribution >= 0.6 is 11.8 Å². The Balaban J connectivity index is 2.27. The molecule has 2 aromatic rings. The van der Waals surface area contributed by atoms with Gasteiger partial charge in [0.1, 0.15) is 0 Å². The van der Waals surface area contributed by atoms with Crippen molar-refractivity contribution in [1.82, 2.24) is 0 Å². The summed E-state index contributed by atoms with van der Waals surface area (Å²) in [5, 5.41) is 0. The monoisotopic (exact) mass is 594 g/mol. The minimum absolute atomic E-state index is 0.0646. The van der Waals surface area contributed by atoms with E-state index in [0.717, 1.165) is 36.8 Å². The Morgan fingerprint density at radius 3 is 1.32 bits per heavy atom. The lowest BCUT2D eigenvalue weighted by atomic mass is 10.1. The van der Waals surface area contributed by atoms with Crippen LogP contribution in [0.3, 0.4) is 0 Å². The maximum atomic E-state index is 13.7. The van der Waals surface area contributed by atoms with Crippen molar-refractivity contribution in [1.29, 1.82) is 0 Å². The van der Waals surface area contributed by atoms with Gasteiger partial charge in [0.15, 0.2) is 0 Å². The van der Waals surface area contributed by atoms with E-state index in [1.807, 2.05) is 0 Å². The van der Waals surface area contributed by atoms with Gasteiger partial charge in [-0.25, -0.2) is 0 Å². The van der Waals surface area contributed by atoms with E-state index in [-0.39, 0.29) is 50.0 Å². The highest BCUT2D eigenvalue weighted by Crippen LogP contribution is 2.44. The number of benzene rings is 2. The first-order valence-electron chi connectivity index (χ1n) is 10.6. The average Bonchev–Trinajstić information content (AvgIpc) is 2.73. The number of hydrogen-bond acceptors (Lipinski definition) is 7. The number of rotatable bonds is 12. The first-order chi connectivity index (χ1) is 16.9. The van der Waals surface area contributed by atoms with E-state index in [4.69, 9.17) is 0 Å². The molecule has 0 aliphatic carbocycles. The Hall–Kier alpha value is -1.81. The number of halogens is 6. The summed E-state index contributed by atoms with van der Waals surface area (Å²) in [5.41, 5.74) is -1.80. The number of alkyl halides is 6. The second-order valence-electron chi connectivity index (χ2n) is 8.02. The summed E-state index contributed by atoms with van der Waals surface area (Å²) in [6.45, 7) is -0.448. The van der Waals surface area contributed by atoms with E-state index < -0.39 is 53.5 Å². The normalized spacial score (nSPS) is 13.2. The second-order valence-corrected chi connectivity index (χ2v) is 12.4. The van der Waals surface area contributed by atoms with E-state index in [0.29, 0.717) is 11.8 Å². The molecular formula is C22H24F6O6S3. The maximum Gasteiger partial charge on any atom is 0.417 e.